The standard InChI is InChI=1S/C24H28O5/c1-17(2)5-4-6-18(3)15-16-28-21-11-9-20(10-12-21)24(27)29-22-13-7-19(8-14-22)23(25)26/h5,7-14,18H,4,6,15-16H2,1-3H3,(H,25,26)/t18-/m0/s1. The van der Waals surface area contributed by atoms with Crippen molar-refractivity contribution in [2.75, 3.05) is 6.61 Å². The van der Waals surface area contributed by atoms with Gasteiger partial charge in [0.25, 0.3) is 0 Å². The molecule has 0 saturated heterocycles. The second-order valence-electron chi connectivity index (χ2n) is 7.34. The highest BCUT2D eigenvalue weighted by atomic mass is 16.5. The summed E-state index contributed by atoms with van der Waals surface area (Å²) in [4.78, 5) is 23.1. The van der Waals surface area contributed by atoms with Crippen molar-refractivity contribution >= 4 is 11.9 Å². The maximum Gasteiger partial charge on any atom is 0.343 e. The van der Waals surface area contributed by atoms with E-state index in [0.717, 1.165) is 19.3 Å². The minimum absolute atomic E-state index is 0.137. The summed E-state index contributed by atoms with van der Waals surface area (Å²) in [5.74, 6) is 0.0620. The topological polar surface area (TPSA) is 72.8 Å². The SMILES string of the molecule is CC(C)=CCC[C@H](C)CCOc1ccc(C(=O)Oc2ccc(C(=O)O)cc2)cc1. The largest absolute Gasteiger partial charge is 0.494 e. The van der Waals surface area contributed by atoms with Gasteiger partial charge in [-0.25, -0.2) is 9.59 Å². The van der Waals surface area contributed by atoms with E-state index in [4.69, 9.17) is 14.6 Å². The summed E-state index contributed by atoms with van der Waals surface area (Å²) >= 11 is 0. The van der Waals surface area contributed by atoms with Crippen LogP contribution in [0.25, 0.3) is 0 Å². The fourth-order valence-electron chi connectivity index (χ4n) is 2.70. The van der Waals surface area contributed by atoms with E-state index in [1.54, 1.807) is 24.3 Å². The fourth-order valence-corrected chi connectivity index (χ4v) is 2.70. The van der Waals surface area contributed by atoms with Crippen LogP contribution in [0, 0.1) is 5.92 Å². The number of carbonyl (C=O) groups is 2. The molecule has 0 aliphatic carbocycles. The maximum atomic E-state index is 12.2. The molecule has 5 nitrogen and oxygen atoms in total. The number of aromatic carboxylic acids is 1. The summed E-state index contributed by atoms with van der Waals surface area (Å²) in [7, 11) is 0. The van der Waals surface area contributed by atoms with Crippen LogP contribution in [0.3, 0.4) is 0 Å². The molecule has 2 aromatic rings. The molecule has 2 rings (SSSR count). The van der Waals surface area contributed by atoms with Crippen molar-refractivity contribution in [1.82, 2.24) is 0 Å². The Morgan fingerprint density at radius 1 is 0.931 bits per heavy atom. The van der Waals surface area contributed by atoms with Crippen LogP contribution >= 0.6 is 0 Å². The van der Waals surface area contributed by atoms with Crippen molar-refractivity contribution in [3.05, 3.63) is 71.3 Å². The Balaban J connectivity index is 1.79. The van der Waals surface area contributed by atoms with Gasteiger partial charge in [0.15, 0.2) is 0 Å². The monoisotopic (exact) mass is 396 g/mol. The number of ether oxygens (including phenoxy) is 2. The van der Waals surface area contributed by atoms with Gasteiger partial charge in [0, 0.05) is 0 Å². The molecule has 0 fully saturated rings. The highest BCUT2D eigenvalue weighted by Gasteiger charge is 2.10. The molecule has 0 aromatic heterocycles. The Labute approximate surface area is 172 Å². The van der Waals surface area contributed by atoms with Crippen LogP contribution in [0.2, 0.25) is 0 Å². The Bertz CT molecular complexity index is 831. The Kier molecular flexibility index (Phi) is 8.46. The number of carbonyl (C=O) groups excluding carboxylic acids is 1. The zero-order chi connectivity index (χ0) is 21.2. The van der Waals surface area contributed by atoms with Gasteiger partial charge in [0.05, 0.1) is 17.7 Å². The van der Waals surface area contributed by atoms with Crippen molar-refractivity contribution in [1.29, 1.82) is 0 Å². The second kappa shape index (κ2) is 11.1. The maximum absolute atomic E-state index is 12.2. The van der Waals surface area contributed by atoms with E-state index >= 15 is 0 Å². The van der Waals surface area contributed by atoms with Gasteiger partial charge in [-0.15, -0.1) is 0 Å². The minimum atomic E-state index is -1.03. The molecule has 0 spiro atoms. The third kappa shape index (κ3) is 7.82. The summed E-state index contributed by atoms with van der Waals surface area (Å²) in [6.45, 7) is 7.09. The molecule has 1 N–H and O–H groups in total. The number of benzene rings is 2. The third-order valence-corrected chi connectivity index (χ3v) is 4.49. The molecular weight excluding hydrogens is 368 g/mol. The van der Waals surface area contributed by atoms with E-state index in [-0.39, 0.29) is 5.56 Å². The molecule has 1 atom stereocenters. The Morgan fingerprint density at radius 2 is 1.52 bits per heavy atom. The number of carboxylic acid groups (broad SMARTS) is 1. The van der Waals surface area contributed by atoms with Gasteiger partial charge < -0.3 is 14.6 Å². The molecule has 154 valence electrons. The van der Waals surface area contributed by atoms with Gasteiger partial charge in [-0.1, -0.05) is 18.6 Å². The van der Waals surface area contributed by atoms with Gasteiger partial charge in [-0.2, -0.15) is 0 Å². The molecule has 0 radical (unpaired) electrons. The molecule has 2 aromatic carbocycles. The van der Waals surface area contributed by atoms with Crippen LogP contribution < -0.4 is 9.47 Å². The molecular formula is C24H28O5. The molecule has 0 aliphatic rings. The summed E-state index contributed by atoms with van der Waals surface area (Å²) in [6.07, 6.45) is 5.48. The van der Waals surface area contributed by atoms with Crippen LogP contribution in [0.1, 0.15) is 60.7 Å². The van der Waals surface area contributed by atoms with E-state index in [2.05, 4.69) is 26.8 Å². The minimum Gasteiger partial charge on any atom is -0.494 e. The predicted octanol–water partition coefficient (Wildman–Crippen LogP) is 5.76. The quantitative estimate of drug-likeness (QED) is 0.314. The summed E-state index contributed by atoms with van der Waals surface area (Å²) < 4.78 is 11.0. The smallest absolute Gasteiger partial charge is 0.343 e. The first-order chi connectivity index (χ1) is 13.8. The lowest BCUT2D eigenvalue weighted by Gasteiger charge is -2.12. The molecule has 0 aliphatic heterocycles. The summed E-state index contributed by atoms with van der Waals surface area (Å²) in [5, 5.41) is 8.89. The molecule has 0 unspecified atom stereocenters. The number of allylic oxidation sites excluding steroid dienone is 2. The van der Waals surface area contributed by atoms with Crippen LogP contribution in [-0.2, 0) is 0 Å². The average molecular weight is 396 g/mol. The van der Waals surface area contributed by atoms with Gasteiger partial charge in [0.2, 0.25) is 0 Å². The molecule has 0 amide bonds. The number of carboxylic acids is 1. The predicted molar refractivity (Wildman–Crippen MR) is 113 cm³/mol. The van der Waals surface area contributed by atoms with Crippen LogP contribution in [0.4, 0.5) is 0 Å². The second-order valence-corrected chi connectivity index (χ2v) is 7.34. The average Bonchev–Trinajstić information content (AvgIpc) is 2.68. The van der Waals surface area contributed by atoms with Gasteiger partial charge in [0.1, 0.15) is 11.5 Å². The van der Waals surface area contributed by atoms with Crippen molar-refractivity contribution in [3.63, 3.8) is 0 Å². The number of rotatable bonds is 10. The molecule has 5 heteroatoms. The van der Waals surface area contributed by atoms with Gasteiger partial charge in [-0.05, 0) is 87.6 Å². The molecule has 0 heterocycles. The highest BCUT2D eigenvalue weighted by molar-refractivity contribution is 5.91. The highest BCUT2D eigenvalue weighted by Crippen LogP contribution is 2.18. The number of hydrogen-bond donors (Lipinski definition) is 1. The first kappa shape index (κ1) is 22.2. The van der Waals surface area contributed by atoms with Crippen LogP contribution in [-0.4, -0.2) is 23.7 Å². The van der Waals surface area contributed by atoms with E-state index < -0.39 is 11.9 Å². The van der Waals surface area contributed by atoms with E-state index in [1.807, 2.05) is 0 Å². The normalized spacial score (nSPS) is 11.4. The molecule has 29 heavy (non-hydrogen) atoms. The van der Waals surface area contributed by atoms with Gasteiger partial charge in [-0.3, -0.25) is 0 Å². The van der Waals surface area contributed by atoms with Crippen LogP contribution in [0.15, 0.2) is 60.2 Å². The lowest BCUT2D eigenvalue weighted by atomic mass is 10.0. The van der Waals surface area contributed by atoms with Gasteiger partial charge >= 0.3 is 11.9 Å². The zero-order valence-electron chi connectivity index (χ0n) is 17.2. The zero-order valence-corrected chi connectivity index (χ0v) is 17.2. The van der Waals surface area contributed by atoms with Crippen molar-refractivity contribution < 1.29 is 24.2 Å². The summed E-state index contributed by atoms with van der Waals surface area (Å²) in [6, 6.07) is 12.5. The van der Waals surface area contributed by atoms with E-state index in [0.29, 0.717) is 29.6 Å². The summed E-state index contributed by atoms with van der Waals surface area (Å²) in [5.41, 5.74) is 1.89. The Hall–Kier alpha value is -3.08. The van der Waals surface area contributed by atoms with Crippen molar-refractivity contribution in [2.24, 2.45) is 5.92 Å². The van der Waals surface area contributed by atoms with Crippen molar-refractivity contribution in [2.45, 2.75) is 40.0 Å². The lowest BCUT2D eigenvalue weighted by Crippen LogP contribution is -2.09. The van der Waals surface area contributed by atoms with E-state index in [9.17, 15) is 9.59 Å². The fraction of sp³-hybridized carbons (Fsp3) is 0.333. The molecule has 0 bridgehead atoms. The first-order valence-corrected chi connectivity index (χ1v) is 9.77. The van der Waals surface area contributed by atoms with E-state index in [1.165, 1.54) is 29.8 Å². The first-order valence-electron chi connectivity index (χ1n) is 9.77. The van der Waals surface area contributed by atoms with Crippen LogP contribution in [0.5, 0.6) is 11.5 Å². The third-order valence-electron chi connectivity index (χ3n) is 4.49. The lowest BCUT2D eigenvalue weighted by molar-refractivity contribution is 0.0696. The Morgan fingerprint density at radius 3 is 2.10 bits per heavy atom. The molecule has 0 saturated carbocycles. The number of hydrogen-bond acceptors (Lipinski definition) is 4. The van der Waals surface area contributed by atoms with Crippen molar-refractivity contribution in [3.8, 4) is 11.5 Å². The number of esters is 1.